The molecule has 0 aliphatic carbocycles. The molecular weight excluding hydrogens is 314 g/mol. The second-order valence-electron chi connectivity index (χ2n) is 5.99. The molecule has 126 valence electrons. The summed E-state index contributed by atoms with van der Waals surface area (Å²) in [6.07, 6.45) is 0. The van der Waals surface area contributed by atoms with Crippen LogP contribution in [-0.2, 0) is 7.05 Å². The molecular formula is C20H19N3O2. The SMILES string of the molecule is Cc1ccc(NC(=O)c2cc(C)nn2C)c(C(=O)c2ccccc2)c1. The Morgan fingerprint density at radius 3 is 2.36 bits per heavy atom. The molecule has 1 heterocycles. The monoisotopic (exact) mass is 333 g/mol. The van der Waals surface area contributed by atoms with Crippen molar-refractivity contribution in [2.24, 2.45) is 7.05 Å². The number of aryl methyl sites for hydroxylation is 3. The molecule has 0 spiro atoms. The zero-order valence-electron chi connectivity index (χ0n) is 14.4. The van der Waals surface area contributed by atoms with E-state index in [-0.39, 0.29) is 11.7 Å². The minimum atomic E-state index is -0.297. The average Bonchev–Trinajstić information content (AvgIpc) is 2.95. The molecule has 3 aromatic rings. The second-order valence-corrected chi connectivity index (χ2v) is 5.99. The maximum absolute atomic E-state index is 12.8. The summed E-state index contributed by atoms with van der Waals surface area (Å²) in [5, 5.41) is 7.02. The molecule has 0 saturated heterocycles. The van der Waals surface area contributed by atoms with Gasteiger partial charge in [0.15, 0.2) is 5.78 Å². The molecule has 3 rings (SSSR count). The molecule has 0 unspecified atom stereocenters. The third-order valence-corrected chi connectivity index (χ3v) is 3.94. The van der Waals surface area contributed by atoms with Crippen molar-refractivity contribution in [3.8, 4) is 0 Å². The number of hydrogen-bond donors (Lipinski definition) is 1. The third kappa shape index (κ3) is 3.50. The smallest absolute Gasteiger partial charge is 0.273 e. The zero-order chi connectivity index (χ0) is 18.0. The highest BCUT2D eigenvalue weighted by Crippen LogP contribution is 2.22. The number of aromatic nitrogens is 2. The quantitative estimate of drug-likeness (QED) is 0.743. The Balaban J connectivity index is 1.96. The summed E-state index contributed by atoms with van der Waals surface area (Å²) >= 11 is 0. The van der Waals surface area contributed by atoms with Crippen molar-refractivity contribution in [3.05, 3.63) is 82.7 Å². The third-order valence-electron chi connectivity index (χ3n) is 3.94. The van der Waals surface area contributed by atoms with Crippen molar-refractivity contribution >= 4 is 17.4 Å². The van der Waals surface area contributed by atoms with Crippen LogP contribution < -0.4 is 5.32 Å². The number of benzene rings is 2. The van der Waals surface area contributed by atoms with Crippen LogP contribution in [0, 0.1) is 13.8 Å². The van der Waals surface area contributed by atoms with Crippen LogP contribution in [0.15, 0.2) is 54.6 Å². The maximum Gasteiger partial charge on any atom is 0.273 e. The summed E-state index contributed by atoms with van der Waals surface area (Å²) in [5.41, 5.74) is 3.70. The van der Waals surface area contributed by atoms with E-state index in [1.165, 1.54) is 4.68 Å². The van der Waals surface area contributed by atoms with Crippen LogP contribution in [0.25, 0.3) is 0 Å². The average molecular weight is 333 g/mol. The van der Waals surface area contributed by atoms with Crippen molar-refractivity contribution in [1.29, 1.82) is 0 Å². The number of amides is 1. The first-order valence-corrected chi connectivity index (χ1v) is 7.98. The van der Waals surface area contributed by atoms with Gasteiger partial charge in [0.25, 0.3) is 5.91 Å². The molecule has 25 heavy (non-hydrogen) atoms. The highest BCUT2D eigenvalue weighted by atomic mass is 16.2. The lowest BCUT2D eigenvalue weighted by molar-refractivity contribution is 0.101. The van der Waals surface area contributed by atoms with E-state index in [4.69, 9.17) is 0 Å². The van der Waals surface area contributed by atoms with Crippen LogP contribution in [0.4, 0.5) is 5.69 Å². The second kappa shape index (κ2) is 6.73. The number of nitrogens with one attached hydrogen (secondary N) is 1. The van der Waals surface area contributed by atoms with Crippen molar-refractivity contribution in [1.82, 2.24) is 9.78 Å². The van der Waals surface area contributed by atoms with E-state index in [1.807, 2.05) is 38.1 Å². The Bertz CT molecular complexity index is 943. The molecule has 1 amide bonds. The Morgan fingerprint density at radius 1 is 1.00 bits per heavy atom. The van der Waals surface area contributed by atoms with E-state index in [0.29, 0.717) is 22.5 Å². The number of hydrogen-bond acceptors (Lipinski definition) is 3. The predicted octanol–water partition coefficient (Wildman–Crippen LogP) is 3.52. The minimum Gasteiger partial charge on any atom is -0.320 e. The number of carbonyl (C=O) groups excluding carboxylic acids is 2. The maximum atomic E-state index is 12.8. The van der Waals surface area contributed by atoms with Crippen LogP contribution >= 0.6 is 0 Å². The Labute approximate surface area is 146 Å². The van der Waals surface area contributed by atoms with Gasteiger partial charge in [-0.1, -0.05) is 42.0 Å². The van der Waals surface area contributed by atoms with Crippen LogP contribution in [-0.4, -0.2) is 21.5 Å². The van der Waals surface area contributed by atoms with Gasteiger partial charge in [-0.3, -0.25) is 14.3 Å². The molecule has 5 heteroatoms. The fourth-order valence-corrected chi connectivity index (χ4v) is 2.71. The molecule has 0 fully saturated rings. The number of anilines is 1. The van der Waals surface area contributed by atoms with E-state index in [2.05, 4.69) is 10.4 Å². The number of ketones is 1. The molecule has 0 bridgehead atoms. The summed E-state index contributed by atoms with van der Waals surface area (Å²) in [6.45, 7) is 3.74. The zero-order valence-corrected chi connectivity index (χ0v) is 14.4. The van der Waals surface area contributed by atoms with Crippen molar-refractivity contribution in [2.75, 3.05) is 5.32 Å². The normalized spacial score (nSPS) is 10.5. The lowest BCUT2D eigenvalue weighted by atomic mass is 9.99. The van der Waals surface area contributed by atoms with Gasteiger partial charge >= 0.3 is 0 Å². The van der Waals surface area contributed by atoms with Gasteiger partial charge in [-0.15, -0.1) is 0 Å². The lowest BCUT2D eigenvalue weighted by Crippen LogP contribution is -2.18. The Morgan fingerprint density at radius 2 is 1.72 bits per heavy atom. The molecule has 5 nitrogen and oxygen atoms in total. The van der Waals surface area contributed by atoms with Crippen molar-refractivity contribution < 1.29 is 9.59 Å². The van der Waals surface area contributed by atoms with Crippen LogP contribution in [0.3, 0.4) is 0 Å². The molecule has 1 aromatic heterocycles. The largest absolute Gasteiger partial charge is 0.320 e. The van der Waals surface area contributed by atoms with Gasteiger partial charge < -0.3 is 5.32 Å². The van der Waals surface area contributed by atoms with Crippen molar-refractivity contribution in [3.63, 3.8) is 0 Å². The van der Waals surface area contributed by atoms with E-state index < -0.39 is 0 Å². The van der Waals surface area contributed by atoms with Crippen LogP contribution in [0.1, 0.15) is 37.7 Å². The molecule has 0 aliphatic heterocycles. The molecule has 0 atom stereocenters. The fourth-order valence-electron chi connectivity index (χ4n) is 2.71. The summed E-state index contributed by atoms with van der Waals surface area (Å²) < 4.78 is 1.53. The van der Waals surface area contributed by atoms with Gasteiger partial charge in [0, 0.05) is 18.2 Å². The highest BCUT2D eigenvalue weighted by Gasteiger charge is 2.18. The van der Waals surface area contributed by atoms with Crippen LogP contribution in [0.5, 0.6) is 0 Å². The summed E-state index contributed by atoms with van der Waals surface area (Å²) in [7, 11) is 1.72. The van der Waals surface area contributed by atoms with Crippen molar-refractivity contribution in [2.45, 2.75) is 13.8 Å². The van der Waals surface area contributed by atoms with Gasteiger partial charge in [-0.2, -0.15) is 5.10 Å². The van der Waals surface area contributed by atoms with E-state index >= 15 is 0 Å². The Kier molecular flexibility index (Phi) is 4.48. The van der Waals surface area contributed by atoms with Gasteiger partial charge in [-0.25, -0.2) is 0 Å². The van der Waals surface area contributed by atoms with Gasteiger partial charge in [0.05, 0.1) is 11.4 Å². The minimum absolute atomic E-state index is 0.124. The predicted molar refractivity (Wildman–Crippen MR) is 97.0 cm³/mol. The number of carbonyl (C=O) groups is 2. The van der Waals surface area contributed by atoms with E-state index in [9.17, 15) is 9.59 Å². The van der Waals surface area contributed by atoms with Gasteiger partial charge in [-0.05, 0) is 32.0 Å². The molecule has 0 aliphatic rings. The summed E-state index contributed by atoms with van der Waals surface area (Å²) in [6, 6.07) is 16.2. The topological polar surface area (TPSA) is 64.0 Å². The Hall–Kier alpha value is -3.21. The molecule has 1 N–H and O–H groups in total. The highest BCUT2D eigenvalue weighted by molar-refractivity contribution is 6.15. The fraction of sp³-hybridized carbons (Fsp3) is 0.150. The van der Waals surface area contributed by atoms with Gasteiger partial charge in [0.2, 0.25) is 0 Å². The number of rotatable bonds is 4. The van der Waals surface area contributed by atoms with E-state index in [1.54, 1.807) is 37.4 Å². The first kappa shape index (κ1) is 16.6. The standard InChI is InChI=1S/C20H19N3O2/c1-13-9-10-17(21-20(25)18-12-14(2)22-23(18)3)16(11-13)19(24)15-7-5-4-6-8-15/h4-12H,1-3H3,(H,21,25). The molecule has 0 saturated carbocycles. The summed E-state index contributed by atoms with van der Waals surface area (Å²) in [5.74, 6) is -0.421. The number of nitrogens with zero attached hydrogens (tertiary/aromatic N) is 2. The molecule has 2 aromatic carbocycles. The van der Waals surface area contributed by atoms with Gasteiger partial charge in [0.1, 0.15) is 5.69 Å². The first-order valence-electron chi connectivity index (χ1n) is 7.98. The lowest BCUT2D eigenvalue weighted by Gasteiger charge is -2.12. The van der Waals surface area contributed by atoms with Crippen LogP contribution in [0.2, 0.25) is 0 Å². The van der Waals surface area contributed by atoms with E-state index in [0.717, 1.165) is 11.3 Å². The first-order chi connectivity index (χ1) is 12.0. The molecule has 0 radical (unpaired) electrons. The summed E-state index contributed by atoms with van der Waals surface area (Å²) in [4.78, 5) is 25.4.